The number of benzene rings is 2. The summed E-state index contributed by atoms with van der Waals surface area (Å²) in [5.74, 6) is 2.33. The van der Waals surface area contributed by atoms with Crippen LogP contribution < -0.4 is 29.5 Å². The van der Waals surface area contributed by atoms with Gasteiger partial charge in [0.25, 0.3) is 0 Å². The molecule has 5 aromatic heterocycles. The molecule has 17 heteroatoms. The van der Waals surface area contributed by atoms with Crippen molar-refractivity contribution in [1.82, 2.24) is 39.1 Å². The number of hydrogen-bond acceptors (Lipinski definition) is 12. The van der Waals surface area contributed by atoms with Crippen LogP contribution in [0.3, 0.4) is 0 Å². The summed E-state index contributed by atoms with van der Waals surface area (Å²) in [5, 5.41) is 22.3. The number of fused-ring (bicyclic) bond motifs is 2. The summed E-state index contributed by atoms with van der Waals surface area (Å²) in [7, 11) is 4.90. The second kappa shape index (κ2) is 23.2. The number of pyridine rings is 3. The van der Waals surface area contributed by atoms with E-state index in [4.69, 9.17) is 37.8 Å². The van der Waals surface area contributed by atoms with Crippen LogP contribution in [0.25, 0.3) is 45.1 Å². The van der Waals surface area contributed by atoms with Crippen LogP contribution in [0.4, 0.5) is 0 Å². The Morgan fingerprint density at radius 3 is 1.81 bits per heavy atom. The first-order chi connectivity index (χ1) is 35.4. The van der Waals surface area contributed by atoms with Crippen molar-refractivity contribution in [2.24, 2.45) is 14.1 Å². The molecule has 75 heavy (non-hydrogen) atoms. The number of allylic oxidation sites excluding steroid dienone is 1. The highest BCUT2D eigenvalue weighted by molar-refractivity contribution is 6.74. The molecular weight excluding hydrogens is 977 g/mol. The summed E-state index contributed by atoms with van der Waals surface area (Å²) >= 11 is 0. The minimum atomic E-state index is -1.93. The lowest BCUT2D eigenvalue weighted by Crippen LogP contribution is -2.47. The van der Waals surface area contributed by atoms with Crippen LogP contribution in [-0.2, 0) is 27.7 Å². The van der Waals surface area contributed by atoms with E-state index in [1.165, 1.54) is 0 Å². The lowest BCUT2D eigenvalue weighted by atomic mass is 10.0. The molecule has 1 aliphatic rings. The fourth-order valence-corrected chi connectivity index (χ4v) is 10.2. The number of rotatable bonds is 17. The second-order valence-corrected chi connectivity index (χ2v) is 31.8. The van der Waals surface area contributed by atoms with Crippen molar-refractivity contribution >= 4 is 39.5 Å². The highest BCUT2D eigenvalue weighted by Crippen LogP contribution is 2.38. The molecule has 1 atom stereocenters. The third-order valence-electron chi connectivity index (χ3n) is 14.6. The largest absolute Gasteiger partial charge is 0.502 e. The smallest absolute Gasteiger partial charge is 0.231 e. The van der Waals surface area contributed by atoms with E-state index in [1.807, 2.05) is 113 Å². The number of aliphatic hydroxyl groups is 1. The van der Waals surface area contributed by atoms with Crippen molar-refractivity contribution in [2.75, 3.05) is 47.7 Å². The Labute approximate surface area is 444 Å². The summed E-state index contributed by atoms with van der Waals surface area (Å²) in [6.07, 6.45) is 13.5. The Morgan fingerprint density at radius 2 is 1.24 bits per heavy atom. The predicted octanol–water partition coefficient (Wildman–Crippen LogP) is 10.6. The van der Waals surface area contributed by atoms with E-state index in [2.05, 4.69) is 99.6 Å². The normalized spacial score (nSPS) is 14.2. The van der Waals surface area contributed by atoms with E-state index >= 15 is 0 Å². The molecule has 0 fully saturated rings. The van der Waals surface area contributed by atoms with Gasteiger partial charge in [0.1, 0.15) is 28.7 Å². The monoisotopic (exact) mass is 1050 g/mol. The predicted molar refractivity (Wildman–Crippen MR) is 304 cm³/mol. The molecule has 7 aromatic rings. The minimum absolute atomic E-state index is 0.120. The average Bonchev–Trinajstić information content (AvgIpc) is 4.02. The molecule has 398 valence electrons. The Balaban J connectivity index is 0.000000219. The lowest BCUT2D eigenvalue weighted by molar-refractivity contribution is 0.0505. The van der Waals surface area contributed by atoms with Gasteiger partial charge < -0.3 is 32.9 Å². The zero-order valence-corrected chi connectivity index (χ0v) is 48.9. The maximum absolute atomic E-state index is 11.6. The van der Waals surface area contributed by atoms with Gasteiger partial charge in [-0.25, -0.2) is 9.97 Å². The van der Waals surface area contributed by atoms with Gasteiger partial charge in [-0.2, -0.15) is 14.8 Å². The van der Waals surface area contributed by atoms with Gasteiger partial charge in [-0.05, 0) is 109 Å². The average molecular weight is 1050 g/mol. The summed E-state index contributed by atoms with van der Waals surface area (Å²) < 4.78 is 41.7. The molecule has 6 heterocycles. The molecule has 1 aliphatic heterocycles. The van der Waals surface area contributed by atoms with E-state index in [0.717, 1.165) is 77.8 Å². The fraction of sp³-hybridized carbons (Fsp3) is 0.414. The third kappa shape index (κ3) is 13.5. The summed E-state index contributed by atoms with van der Waals surface area (Å²) in [5.41, 5.74) is 9.75. The van der Waals surface area contributed by atoms with Crippen molar-refractivity contribution in [2.45, 2.75) is 97.3 Å². The van der Waals surface area contributed by atoms with Gasteiger partial charge in [-0.15, -0.1) is 0 Å². The van der Waals surface area contributed by atoms with E-state index in [0.29, 0.717) is 44.3 Å². The lowest BCUT2D eigenvalue weighted by Gasteiger charge is -2.36. The van der Waals surface area contributed by atoms with Gasteiger partial charge in [-0.3, -0.25) is 14.3 Å². The number of methoxy groups -OCH3 is 3. The van der Waals surface area contributed by atoms with Crippen LogP contribution >= 0.6 is 0 Å². The number of hydrogen-bond donors (Lipinski definition) is 1. The van der Waals surface area contributed by atoms with E-state index in [9.17, 15) is 5.11 Å². The number of aromatic nitrogens is 7. The summed E-state index contributed by atoms with van der Waals surface area (Å²) in [4.78, 5) is 14.4. The topological polar surface area (TPSA) is 153 Å². The summed E-state index contributed by atoms with van der Waals surface area (Å²) in [6.45, 7) is 26.6. The zero-order valence-electron chi connectivity index (χ0n) is 46.9. The number of ether oxygens (including phenoxy) is 4. The minimum Gasteiger partial charge on any atom is -0.502 e. The first-order valence-corrected chi connectivity index (χ1v) is 31.3. The first kappa shape index (κ1) is 56.2. The fourth-order valence-electron chi connectivity index (χ4n) is 8.18. The molecule has 0 saturated carbocycles. The van der Waals surface area contributed by atoms with Gasteiger partial charge in [0, 0.05) is 78.8 Å². The molecule has 1 N–H and O–H groups in total. The maximum Gasteiger partial charge on any atom is 0.231 e. The van der Waals surface area contributed by atoms with Crippen LogP contribution in [0.2, 0.25) is 36.3 Å². The first-order valence-electron chi connectivity index (χ1n) is 25.5. The van der Waals surface area contributed by atoms with Gasteiger partial charge in [0.05, 0.1) is 76.7 Å². The van der Waals surface area contributed by atoms with Crippen molar-refractivity contribution in [3.05, 3.63) is 137 Å². The van der Waals surface area contributed by atoms with E-state index < -0.39 is 22.7 Å². The van der Waals surface area contributed by atoms with Gasteiger partial charge in [0.15, 0.2) is 28.9 Å². The van der Waals surface area contributed by atoms with Crippen LogP contribution in [-0.4, -0.2) is 104 Å². The quantitative estimate of drug-likeness (QED) is 0.0400. The molecule has 0 saturated heterocycles. The molecule has 8 rings (SSSR count). The zero-order chi connectivity index (χ0) is 54.5. The third-order valence-corrected chi connectivity index (χ3v) is 23.7. The Hall–Kier alpha value is -6.51. The molecule has 0 aliphatic carbocycles. The SMILES string of the molecule is COc1cc(C)cc(/C(O)=C2/CC=c3ncc(-c4cnn(C)c4)cc3=[N+]2CCO[Si](C)(C)C(C)(C)C)c1.COc1cc(OC)cc(C(OCCO[Si](C)(C)C(C)(C)C)c2ccc3ncc(-c4cnn(C)c4)cc3n2)c1. The van der Waals surface area contributed by atoms with Crippen LogP contribution in [0.15, 0.2) is 104 Å². The van der Waals surface area contributed by atoms with E-state index in [1.54, 1.807) is 30.7 Å². The molecule has 15 nitrogen and oxygen atoms in total. The summed E-state index contributed by atoms with van der Waals surface area (Å²) in [6, 6.07) is 19.7. The maximum atomic E-state index is 11.6. The Morgan fingerprint density at radius 1 is 0.667 bits per heavy atom. The molecule has 0 spiro atoms. The molecule has 1 unspecified atom stereocenters. The van der Waals surface area contributed by atoms with Gasteiger partial charge in [-0.1, -0.05) is 41.5 Å². The highest BCUT2D eigenvalue weighted by atomic mass is 28.4. The van der Waals surface area contributed by atoms with Gasteiger partial charge >= 0.3 is 0 Å². The number of aliphatic hydroxyl groups excluding tert-OH is 1. The van der Waals surface area contributed by atoms with Crippen molar-refractivity contribution in [3.63, 3.8) is 0 Å². The Bertz CT molecular complexity index is 3280. The second-order valence-electron chi connectivity index (χ2n) is 22.1. The number of nitrogens with zero attached hydrogens (tertiary/aromatic N) is 8. The standard InChI is InChI=1S/C29H38N4O4Si.C29H38N4O3Si/c1-29(2,3)38(7,8)37-12-11-36-28(20-13-23(34-5)16-24(14-20)35-6)26-10-9-25-27(32-26)15-21(17-30-25)22-18-31-33(4)19-22;1-20-13-21(15-24(14-20)35-6)28(34)26-10-9-25-27(16-22(17-30-25)23-18-31-32(5)19-23)33(26)11-12-36-37(7,8)29(2,3)4/h9-10,13-19,28H,11-12H2,1-8H3;9,13-19H,10-12H2,1-8H3/p+1. The van der Waals surface area contributed by atoms with Crippen molar-refractivity contribution < 1.29 is 32.9 Å². The highest BCUT2D eigenvalue weighted by Gasteiger charge is 2.38. The molecule has 2 aromatic carbocycles. The molecule has 0 amide bonds. The number of aryl methyl sites for hydroxylation is 3. The molecular formula is C58H77N8O7Si2+. The van der Waals surface area contributed by atoms with Gasteiger partial charge in [0.2, 0.25) is 11.1 Å². The van der Waals surface area contributed by atoms with Crippen molar-refractivity contribution in [3.8, 4) is 39.5 Å². The molecule has 0 bridgehead atoms. The van der Waals surface area contributed by atoms with E-state index in [-0.39, 0.29) is 15.8 Å². The van der Waals surface area contributed by atoms with Crippen LogP contribution in [0.1, 0.15) is 76.5 Å². The Kier molecular flexibility index (Phi) is 17.4. The van der Waals surface area contributed by atoms with Crippen molar-refractivity contribution in [1.29, 1.82) is 0 Å². The van der Waals surface area contributed by atoms with Crippen LogP contribution in [0.5, 0.6) is 17.2 Å². The van der Waals surface area contributed by atoms with Crippen LogP contribution in [0, 0.1) is 6.92 Å². The molecule has 0 radical (unpaired) electrons.